The second kappa shape index (κ2) is 10.1. The fourth-order valence-corrected chi connectivity index (χ4v) is 3.25. The van der Waals surface area contributed by atoms with Crippen molar-refractivity contribution in [1.29, 1.82) is 0 Å². The second-order valence-electron chi connectivity index (χ2n) is 6.70. The summed E-state index contributed by atoms with van der Waals surface area (Å²) in [5.41, 5.74) is 0. The van der Waals surface area contributed by atoms with Crippen LogP contribution in [-0.4, -0.2) is 38.4 Å². The highest BCUT2D eigenvalue weighted by atomic mass is 16.8. The fraction of sp³-hybridized carbons (Fsp3) is 0.944. The molecule has 1 unspecified atom stereocenters. The number of carbonyl (C=O) groups excluding carboxylic acids is 1. The van der Waals surface area contributed by atoms with E-state index in [0.29, 0.717) is 26.2 Å². The van der Waals surface area contributed by atoms with Gasteiger partial charge in [0.25, 0.3) is 0 Å². The molecular weight excluding hydrogens is 296 g/mol. The van der Waals surface area contributed by atoms with Crippen molar-refractivity contribution in [2.45, 2.75) is 76.9 Å². The van der Waals surface area contributed by atoms with Crippen LogP contribution in [0.1, 0.15) is 71.1 Å². The van der Waals surface area contributed by atoms with Gasteiger partial charge in [-0.15, -0.1) is 0 Å². The molecule has 1 aliphatic heterocycles. The zero-order valence-corrected chi connectivity index (χ0v) is 14.5. The minimum Gasteiger partial charge on any atom is -0.435 e. The van der Waals surface area contributed by atoms with E-state index in [-0.39, 0.29) is 0 Å². The van der Waals surface area contributed by atoms with Gasteiger partial charge in [-0.05, 0) is 19.3 Å². The van der Waals surface area contributed by atoms with Crippen LogP contribution in [0.3, 0.4) is 0 Å². The predicted molar refractivity (Wildman–Crippen MR) is 87.3 cm³/mol. The SMILES string of the molecule is CCOC(=O)OC1(CCOCCCCCC2CCCCC2)CO1. The number of unbranched alkanes of at least 4 members (excludes halogenated alkanes) is 2. The van der Waals surface area contributed by atoms with Gasteiger partial charge >= 0.3 is 6.16 Å². The van der Waals surface area contributed by atoms with Crippen molar-refractivity contribution in [3.05, 3.63) is 0 Å². The monoisotopic (exact) mass is 328 g/mol. The first-order valence-electron chi connectivity index (χ1n) is 9.31. The highest BCUT2D eigenvalue weighted by molar-refractivity contribution is 5.60. The van der Waals surface area contributed by atoms with Crippen LogP contribution in [0.2, 0.25) is 0 Å². The molecule has 2 fully saturated rings. The Bertz CT molecular complexity index is 334. The summed E-state index contributed by atoms with van der Waals surface area (Å²) >= 11 is 0. The van der Waals surface area contributed by atoms with Gasteiger partial charge in [0.1, 0.15) is 6.61 Å². The van der Waals surface area contributed by atoms with Crippen LogP contribution in [0.15, 0.2) is 0 Å². The summed E-state index contributed by atoms with van der Waals surface area (Å²) in [5, 5.41) is 0. The third-order valence-electron chi connectivity index (χ3n) is 4.75. The van der Waals surface area contributed by atoms with E-state index >= 15 is 0 Å². The summed E-state index contributed by atoms with van der Waals surface area (Å²) in [5.74, 6) is 0.198. The number of ether oxygens (including phenoxy) is 4. The molecule has 2 aliphatic rings. The van der Waals surface area contributed by atoms with Gasteiger partial charge in [0.2, 0.25) is 5.79 Å². The summed E-state index contributed by atoms with van der Waals surface area (Å²) in [7, 11) is 0. The van der Waals surface area contributed by atoms with E-state index in [1.165, 1.54) is 51.4 Å². The molecule has 5 heteroatoms. The van der Waals surface area contributed by atoms with Crippen LogP contribution in [-0.2, 0) is 18.9 Å². The van der Waals surface area contributed by atoms with Crippen LogP contribution < -0.4 is 0 Å². The third kappa shape index (κ3) is 7.53. The van der Waals surface area contributed by atoms with Crippen LogP contribution in [0, 0.1) is 5.92 Å². The number of epoxide rings is 1. The molecule has 23 heavy (non-hydrogen) atoms. The van der Waals surface area contributed by atoms with Crippen molar-refractivity contribution in [1.82, 2.24) is 0 Å². The minimum absolute atomic E-state index is 0.312. The first kappa shape index (κ1) is 18.5. The lowest BCUT2D eigenvalue weighted by Crippen LogP contribution is -2.24. The lowest BCUT2D eigenvalue weighted by atomic mass is 9.86. The van der Waals surface area contributed by atoms with E-state index < -0.39 is 11.9 Å². The molecule has 0 aromatic carbocycles. The molecule has 1 saturated carbocycles. The highest BCUT2D eigenvalue weighted by Gasteiger charge is 2.49. The lowest BCUT2D eigenvalue weighted by molar-refractivity contribution is -0.0491. The zero-order valence-electron chi connectivity index (χ0n) is 14.5. The molecule has 134 valence electrons. The van der Waals surface area contributed by atoms with Gasteiger partial charge in [-0.25, -0.2) is 4.79 Å². The van der Waals surface area contributed by atoms with Crippen molar-refractivity contribution in [2.75, 3.05) is 26.4 Å². The van der Waals surface area contributed by atoms with Crippen molar-refractivity contribution >= 4 is 6.16 Å². The average Bonchev–Trinajstić information content (AvgIpc) is 3.30. The van der Waals surface area contributed by atoms with E-state index in [1.54, 1.807) is 6.92 Å². The van der Waals surface area contributed by atoms with Crippen LogP contribution >= 0.6 is 0 Å². The molecule has 0 spiro atoms. The van der Waals surface area contributed by atoms with Gasteiger partial charge in [0, 0.05) is 13.0 Å². The maximum Gasteiger partial charge on any atom is 0.510 e. The summed E-state index contributed by atoms with van der Waals surface area (Å²) in [6.45, 7) is 3.84. The highest BCUT2D eigenvalue weighted by Crippen LogP contribution is 2.33. The molecule has 5 nitrogen and oxygen atoms in total. The normalized spacial score (nSPS) is 24.4. The van der Waals surface area contributed by atoms with E-state index in [4.69, 9.17) is 18.9 Å². The van der Waals surface area contributed by atoms with Crippen molar-refractivity contribution < 1.29 is 23.7 Å². The molecule has 2 rings (SSSR count). The predicted octanol–water partition coefficient (Wildman–Crippen LogP) is 4.43. The Morgan fingerprint density at radius 2 is 1.91 bits per heavy atom. The van der Waals surface area contributed by atoms with Crippen molar-refractivity contribution in [3.63, 3.8) is 0 Å². The number of hydrogen-bond donors (Lipinski definition) is 0. The van der Waals surface area contributed by atoms with Gasteiger partial charge in [-0.3, -0.25) is 0 Å². The van der Waals surface area contributed by atoms with Gasteiger partial charge in [-0.1, -0.05) is 51.4 Å². The second-order valence-corrected chi connectivity index (χ2v) is 6.70. The first-order valence-corrected chi connectivity index (χ1v) is 9.31. The largest absolute Gasteiger partial charge is 0.510 e. The Morgan fingerprint density at radius 3 is 2.61 bits per heavy atom. The topological polar surface area (TPSA) is 57.3 Å². The summed E-state index contributed by atoms with van der Waals surface area (Å²) in [6.07, 6.45) is 12.2. The van der Waals surface area contributed by atoms with Crippen LogP contribution in [0.5, 0.6) is 0 Å². The Labute approximate surface area is 140 Å². The number of carbonyl (C=O) groups is 1. The Balaban J connectivity index is 1.40. The lowest BCUT2D eigenvalue weighted by Gasteiger charge is -2.21. The zero-order chi connectivity index (χ0) is 16.4. The smallest absolute Gasteiger partial charge is 0.435 e. The minimum atomic E-state index is -0.784. The number of rotatable bonds is 11. The molecule has 1 heterocycles. The first-order chi connectivity index (χ1) is 11.2. The molecule has 1 aliphatic carbocycles. The van der Waals surface area contributed by atoms with Gasteiger partial charge in [-0.2, -0.15) is 0 Å². The van der Waals surface area contributed by atoms with Crippen molar-refractivity contribution in [3.8, 4) is 0 Å². The molecule has 0 aromatic rings. The molecular formula is C18H32O5. The summed E-state index contributed by atoms with van der Waals surface area (Å²) < 4.78 is 20.7. The van der Waals surface area contributed by atoms with E-state index in [2.05, 4.69) is 0 Å². The summed E-state index contributed by atoms with van der Waals surface area (Å²) in [6, 6.07) is 0. The van der Waals surface area contributed by atoms with Crippen molar-refractivity contribution in [2.24, 2.45) is 5.92 Å². The number of hydrogen-bond acceptors (Lipinski definition) is 5. The van der Waals surface area contributed by atoms with Crippen LogP contribution in [0.4, 0.5) is 4.79 Å². The fourth-order valence-electron chi connectivity index (χ4n) is 3.25. The van der Waals surface area contributed by atoms with Crippen LogP contribution in [0.25, 0.3) is 0 Å². The Kier molecular flexibility index (Phi) is 8.17. The molecule has 0 aromatic heterocycles. The quantitative estimate of drug-likeness (QED) is 0.319. The van der Waals surface area contributed by atoms with Gasteiger partial charge in [0.15, 0.2) is 0 Å². The Hall–Kier alpha value is -0.810. The maximum absolute atomic E-state index is 11.3. The maximum atomic E-state index is 11.3. The molecule has 1 saturated heterocycles. The molecule has 0 radical (unpaired) electrons. The molecule has 0 amide bonds. The average molecular weight is 328 g/mol. The van der Waals surface area contributed by atoms with E-state index in [9.17, 15) is 4.79 Å². The van der Waals surface area contributed by atoms with E-state index in [0.717, 1.165) is 18.9 Å². The molecule has 0 bridgehead atoms. The molecule has 1 atom stereocenters. The Morgan fingerprint density at radius 1 is 1.13 bits per heavy atom. The van der Waals surface area contributed by atoms with Gasteiger partial charge in [0.05, 0.1) is 13.2 Å². The van der Waals surface area contributed by atoms with E-state index in [1.807, 2.05) is 0 Å². The standard InChI is InChI=1S/C18H32O5/c1-2-21-17(19)23-18(15-22-18)12-14-20-13-8-4-7-11-16-9-5-3-6-10-16/h16H,2-15H2,1H3. The third-order valence-corrected chi connectivity index (χ3v) is 4.75. The van der Waals surface area contributed by atoms with Gasteiger partial charge < -0.3 is 18.9 Å². The molecule has 0 N–H and O–H groups in total. The summed E-state index contributed by atoms with van der Waals surface area (Å²) in [4.78, 5) is 11.3.